The standard InChI is InChI=1S/C25H27F3N6O4/c1-15(38-14-19(36)13-35)30-22(11-29-2)32-24(37)34-18-8-9-33(12-18)21-7-6-20(31-23(21)34)16-4-3-5-17(10-16)25(26,27)28/h3-7,10-11,18-19,35-36H,2,8-9,12-14H2,1H3,(H,32,37)/b22-11+,30-15+/t18-,19+/m0/s1. The zero-order chi connectivity index (χ0) is 27.4. The number of hydrogen-bond donors (Lipinski definition) is 3. The molecule has 2 bridgehead atoms. The minimum atomic E-state index is -4.50. The van der Waals surface area contributed by atoms with Gasteiger partial charge in [-0.25, -0.2) is 9.78 Å². The molecule has 2 aliphatic rings. The highest BCUT2D eigenvalue weighted by atomic mass is 19.4. The molecule has 1 fully saturated rings. The van der Waals surface area contributed by atoms with E-state index in [-0.39, 0.29) is 29.9 Å². The van der Waals surface area contributed by atoms with Crippen LogP contribution in [0, 0.1) is 0 Å². The Morgan fingerprint density at radius 1 is 1.37 bits per heavy atom. The Hall–Kier alpha value is -3.97. The van der Waals surface area contributed by atoms with Gasteiger partial charge in [0.15, 0.2) is 17.5 Å². The van der Waals surface area contributed by atoms with Gasteiger partial charge in [-0.2, -0.15) is 18.2 Å². The second-order valence-corrected chi connectivity index (χ2v) is 8.78. The van der Waals surface area contributed by atoms with E-state index in [2.05, 4.69) is 31.9 Å². The van der Waals surface area contributed by atoms with Gasteiger partial charge in [-0.3, -0.25) is 15.2 Å². The molecule has 4 rings (SSSR count). The van der Waals surface area contributed by atoms with Crippen LogP contribution in [0.15, 0.2) is 58.4 Å². The normalized spacial score (nSPS) is 18.2. The molecule has 0 aliphatic carbocycles. The van der Waals surface area contributed by atoms with Crippen molar-refractivity contribution < 1.29 is 32.9 Å². The summed E-state index contributed by atoms with van der Waals surface area (Å²) in [4.78, 5) is 29.5. The largest absolute Gasteiger partial charge is 0.478 e. The van der Waals surface area contributed by atoms with Crippen LogP contribution in [0.5, 0.6) is 0 Å². The number of aliphatic hydroxyl groups excluding tert-OH is 2. The number of urea groups is 1. The van der Waals surface area contributed by atoms with E-state index >= 15 is 0 Å². The SMILES string of the molecule is C=N/C=C(\N=C(/C)OC[C@H](O)CO)NC(=O)N1c2nc(-c3cccc(C(F)(F)F)c3)ccc2N2CC[C@H]1C2. The molecule has 0 spiro atoms. The maximum absolute atomic E-state index is 13.5. The van der Waals surface area contributed by atoms with Crippen LogP contribution in [-0.2, 0) is 10.9 Å². The molecule has 1 aromatic carbocycles. The number of carbonyl (C=O) groups excluding carboxylic acids is 1. The summed E-state index contributed by atoms with van der Waals surface area (Å²) in [5.74, 6) is 0.431. The molecule has 202 valence electrons. The van der Waals surface area contributed by atoms with Gasteiger partial charge in [-0.1, -0.05) is 12.1 Å². The van der Waals surface area contributed by atoms with Crippen molar-refractivity contribution in [1.82, 2.24) is 10.3 Å². The number of aliphatic hydroxyl groups is 2. The number of nitrogens with one attached hydrogen (secondary N) is 1. The van der Waals surface area contributed by atoms with Gasteiger partial charge in [-0.05, 0) is 37.4 Å². The fourth-order valence-electron chi connectivity index (χ4n) is 4.30. The molecule has 1 aromatic heterocycles. The number of amides is 2. The summed E-state index contributed by atoms with van der Waals surface area (Å²) in [7, 11) is 0. The number of ether oxygens (including phenoxy) is 1. The van der Waals surface area contributed by atoms with Crippen LogP contribution in [0.1, 0.15) is 18.9 Å². The molecule has 2 atom stereocenters. The van der Waals surface area contributed by atoms with Crippen molar-refractivity contribution in [3.05, 3.63) is 54.0 Å². The lowest BCUT2D eigenvalue weighted by Gasteiger charge is -2.35. The number of nitrogens with zero attached hydrogens (tertiary/aromatic N) is 5. The summed E-state index contributed by atoms with van der Waals surface area (Å²) in [6, 6.07) is 7.49. The van der Waals surface area contributed by atoms with Crippen molar-refractivity contribution in [2.75, 3.05) is 36.1 Å². The Morgan fingerprint density at radius 3 is 2.87 bits per heavy atom. The highest BCUT2D eigenvalue weighted by molar-refractivity contribution is 5.98. The van der Waals surface area contributed by atoms with E-state index < -0.39 is 30.5 Å². The van der Waals surface area contributed by atoms with Crippen LogP contribution < -0.4 is 15.1 Å². The first-order valence-corrected chi connectivity index (χ1v) is 11.8. The van der Waals surface area contributed by atoms with Gasteiger partial charge < -0.3 is 19.8 Å². The van der Waals surface area contributed by atoms with Crippen LogP contribution in [0.3, 0.4) is 0 Å². The predicted molar refractivity (Wildman–Crippen MR) is 136 cm³/mol. The molecule has 38 heavy (non-hydrogen) atoms. The number of rotatable bonds is 7. The van der Waals surface area contributed by atoms with Gasteiger partial charge in [-0.15, -0.1) is 0 Å². The lowest BCUT2D eigenvalue weighted by Crippen LogP contribution is -2.50. The number of aliphatic imine (C=N–C) groups is 2. The molecule has 13 heteroatoms. The fourth-order valence-corrected chi connectivity index (χ4v) is 4.30. The van der Waals surface area contributed by atoms with E-state index in [1.165, 1.54) is 30.2 Å². The Balaban J connectivity index is 1.63. The topological polar surface area (TPSA) is 123 Å². The van der Waals surface area contributed by atoms with E-state index in [1.54, 1.807) is 12.1 Å². The van der Waals surface area contributed by atoms with Crippen LogP contribution in [0.4, 0.5) is 29.5 Å². The molecule has 0 unspecified atom stereocenters. The van der Waals surface area contributed by atoms with Crippen molar-refractivity contribution >= 4 is 30.2 Å². The number of fused-ring (bicyclic) bond motifs is 4. The molecule has 2 aliphatic heterocycles. The number of benzene rings is 1. The maximum atomic E-state index is 13.5. The van der Waals surface area contributed by atoms with Crippen molar-refractivity contribution in [1.29, 1.82) is 0 Å². The molecule has 0 radical (unpaired) electrons. The third kappa shape index (κ3) is 5.94. The molecular formula is C25H27F3N6O4. The second-order valence-electron chi connectivity index (χ2n) is 8.78. The average molecular weight is 533 g/mol. The van der Waals surface area contributed by atoms with Crippen LogP contribution in [0.2, 0.25) is 0 Å². The number of carbonyl (C=O) groups is 1. The highest BCUT2D eigenvalue weighted by Crippen LogP contribution is 2.40. The van der Waals surface area contributed by atoms with Gasteiger partial charge in [0.2, 0.25) is 0 Å². The number of aromatic nitrogens is 1. The van der Waals surface area contributed by atoms with Gasteiger partial charge in [0.05, 0.1) is 35.8 Å². The first kappa shape index (κ1) is 27.1. The first-order chi connectivity index (χ1) is 18.1. The Bertz CT molecular complexity index is 1270. The first-order valence-electron chi connectivity index (χ1n) is 11.8. The zero-order valence-electron chi connectivity index (χ0n) is 20.5. The lowest BCUT2D eigenvalue weighted by molar-refractivity contribution is -0.137. The van der Waals surface area contributed by atoms with Crippen LogP contribution in [-0.4, -0.2) is 72.3 Å². The number of hydrogen-bond acceptors (Lipinski definition) is 8. The number of pyridine rings is 1. The van der Waals surface area contributed by atoms with Gasteiger partial charge >= 0.3 is 12.2 Å². The van der Waals surface area contributed by atoms with Gasteiger partial charge in [0, 0.05) is 25.6 Å². The third-order valence-corrected chi connectivity index (χ3v) is 6.08. The molecular weight excluding hydrogens is 505 g/mol. The van der Waals surface area contributed by atoms with Crippen LogP contribution in [0.25, 0.3) is 11.3 Å². The summed E-state index contributed by atoms with van der Waals surface area (Å²) in [6.45, 7) is 5.48. The van der Waals surface area contributed by atoms with Crippen molar-refractivity contribution in [3.63, 3.8) is 0 Å². The summed E-state index contributed by atoms with van der Waals surface area (Å²) in [5, 5.41) is 21.0. The Kier molecular flexibility index (Phi) is 7.97. The van der Waals surface area contributed by atoms with Crippen molar-refractivity contribution in [3.8, 4) is 11.3 Å². The minimum absolute atomic E-state index is 0.0111. The summed E-state index contributed by atoms with van der Waals surface area (Å²) in [5.41, 5.74) is 0.470. The predicted octanol–water partition coefficient (Wildman–Crippen LogP) is 3.16. The summed E-state index contributed by atoms with van der Waals surface area (Å²) < 4.78 is 45.1. The summed E-state index contributed by atoms with van der Waals surface area (Å²) in [6.07, 6.45) is -3.70. The lowest BCUT2D eigenvalue weighted by atomic mass is 10.1. The molecule has 3 heterocycles. The quantitative estimate of drug-likeness (QED) is 0.372. The van der Waals surface area contributed by atoms with Gasteiger partial charge in [0.1, 0.15) is 12.7 Å². The van der Waals surface area contributed by atoms with Crippen molar-refractivity contribution in [2.24, 2.45) is 9.98 Å². The summed E-state index contributed by atoms with van der Waals surface area (Å²) >= 11 is 0. The molecule has 2 amide bonds. The average Bonchev–Trinajstić information content (AvgIpc) is 3.30. The molecule has 1 saturated heterocycles. The second kappa shape index (κ2) is 11.2. The van der Waals surface area contributed by atoms with E-state index in [0.29, 0.717) is 36.7 Å². The smallest absolute Gasteiger partial charge is 0.416 e. The Morgan fingerprint density at radius 2 is 2.16 bits per heavy atom. The molecule has 0 saturated carbocycles. The molecule has 10 nitrogen and oxygen atoms in total. The van der Waals surface area contributed by atoms with Gasteiger partial charge in [0.25, 0.3) is 0 Å². The molecule has 2 aromatic rings. The van der Waals surface area contributed by atoms with E-state index in [4.69, 9.17) is 9.84 Å². The fraction of sp³-hybridized carbons (Fsp3) is 0.360. The van der Waals surface area contributed by atoms with E-state index in [9.17, 15) is 23.1 Å². The number of halogens is 3. The third-order valence-electron chi connectivity index (χ3n) is 6.08. The zero-order valence-corrected chi connectivity index (χ0v) is 20.5. The van der Waals surface area contributed by atoms with Crippen molar-refractivity contribution in [2.45, 2.75) is 31.7 Å². The maximum Gasteiger partial charge on any atom is 0.416 e. The number of alkyl halides is 3. The van der Waals surface area contributed by atoms with Crippen LogP contribution >= 0.6 is 0 Å². The van der Waals surface area contributed by atoms with E-state index in [1.807, 2.05) is 0 Å². The number of anilines is 2. The minimum Gasteiger partial charge on any atom is -0.478 e. The van der Waals surface area contributed by atoms with E-state index in [0.717, 1.165) is 12.1 Å². The highest BCUT2D eigenvalue weighted by Gasteiger charge is 2.40. The monoisotopic (exact) mass is 532 g/mol. The Labute approximate surface area is 216 Å². The molecule has 3 N–H and O–H groups in total.